The first-order valence-electron chi connectivity index (χ1n) is 6.01. The first-order chi connectivity index (χ1) is 9.72. The van der Waals surface area contributed by atoms with E-state index < -0.39 is 47.1 Å². The molecule has 21 heavy (non-hydrogen) atoms. The van der Waals surface area contributed by atoms with Gasteiger partial charge in [0.1, 0.15) is 12.2 Å². The number of halogens is 1. The van der Waals surface area contributed by atoms with Crippen LogP contribution in [0.3, 0.4) is 0 Å². The van der Waals surface area contributed by atoms with Crippen molar-refractivity contribution in [3.8, 4) is 12.3 Å². The predicted octanol–water partition coefficient (Wildman–Crippen LogP) is -2.35. The minimum atomic E-state index is -1.88. The Morgan fingerprint density at radius 1 is 1.67 bits per heavy atom. The van der Waals surface area contributed by atoms with Gasteiger partial charge in [0.15, 0.2) is 11.8 Å². The summed E-state index contributed by atoms with van der Waals surface area (Å²) in [4.78, 5) is 24.5. The molecular formula is C12H14FN3O5. The van der Waals surface area contributed by atoms with E-state index in [1.54, 1.807) is 4.98 Å². The van der Waals surface area contributed by atoms with Gasteiger partial charge in [0.05, 0.1) is 12.3 Å². The zero-order valence-corrected chi connectivity index (χ0v) is 11.0. The third kappa shape index (κ3) is 2.28. The quantitative estimate of drug-likeness (QED) is 0.452. The number of aliphatic hydroxyl groups is 2. The minimum Gasteiger partial charge on any atom is -0.391 e. The summed E-state index contributed by atoms with van der Waals surface area (Å²) in [5.41, 5.74) is 1.78. The van der Waals surface area contributed by atoms with Gasteiger partial charge >= 0.3 is 5.69 Å². The second-order valence-corrected chi connectivity index (χ2v) is 4.86. The van der Waals surface area contributed by atoms with E-state index in [1.807, 2.05) is 0 Å². The summed E-state index contributed by atoms with van der Waals surface area (Å²) in [6.45, 7) is 1.34. The molecule has 0 aliphatic carbocycles. The number of hydrogen-bond acceptors (Lipinski definition) is 6. The molecule has 1 aliphatic rings. The molecule has 8 nitrogen and oxygen atoms in total. The van der Waals surface area contributed by atoms with Crippen LogP contribution < -0.4 is 17.0 Å². The summed E-state index contributed by atoms with van der Waals surface area (Å²) < 4.78 is 19.3. The predicted molar refractivity (Wildman–Crippen MR) is 68.6 cm³/mol. The van der Waals surface area contributed by atoms with Gasteiger partial charge in [-0.25, -0.2) is 4.79 Å². The Labute approximate surface area is 118 Å². The lowest BCUT2D eigenvalue weighted by Crippen LogP contribution is -2.55. The van der Waals surface area contributed by atoms with Crippen molar-refractivity contribution in [3.05, 3.63) is 32.9 Å². The summed E-state index contributed by atoms with van der Waals surface area (Å²) >= 11 is 0. The highest BCUT2D eigenvalue weighted by Crippen LogP contribution is 2.36. The molecule has 1 aromatic rings. The number of nitrogens with one attached hydrogen (secondary N) is 1. The van der Waals surface area contributed by atoms with Crippen molar-refractivity contribution >= 4 is 0 Å². The van der Waals surface area contributed by atoms with Crippen LogP contribution >= 0.6 is 0 Å². The molecule has 1 aliphatic heterocycles. The van der Waals surface area contributed by atoms with Crippen molar-refractivity contribution in [1.29, 1.82) is 0 Å². The van der Waals surface area contributed by atoms with Crippen LogP contribution in [0, 0.1) is 18.2 Å². The van der Waals surface area contributed by atoms with E-state index in [9.17, 15) is 24.2 Å². The largest absolute Gasteiger partial charge is 0.391 e. The Kier molecular flexibility index (Phi) is 3.73. The number of aromatic nitrogens is 2. The molecule has 2 heterocycles. The van der Waals surface area contributed by atoms with Gasteiger partial charge in [0, 0.05) is 0 Å². The first kappa shape index (κ1) is 15.4. The van der Waals surface area contributed by atoms with Crippen LogP contribution in [0.5, 0.6) is 0 Å². The number of aromatic amines is 1. The Balaban J connectivity index is 2.58. The van der Waals surface area contributed by atoms with E-state index in [0.717, 1.165) is 0 Å². The summed E-state index contributed by atoms with van der Waals surface area (Å²) in [5, 5.41) is 19.6. The van der Waals surface area contributed by atoms with Gasteiger partial charge < -0.3 is 20.7 Å². The number of H-pyrrole nitrogens is 1. The van der Waals surface area contributed by atoms with Crippen molar-refractivity contribution in [2.75, 3.05) is 0 Å². The number of hydrogen-bond donors (Lipinski definition) is 4. The first-order valence-corrected chi connectivity index (χ1v) is 6.01. The lowest BCUT2D eigenvalue weighted by molar-refractivity contribution is -0.0781. The van der Waals surface area contributed by atoms with Gasteiger partial charge in [0.25, 0.3) is 5.56 Å². The van der Waals surface area contributed by atoms with Crippen LogP contribution in [-0.2, 0) is 4.74 Å². The van der Waals surface area contributed by atoms with Gasteiger partial charge in [-0.15, -0.1) is 6.42 Å². The monoisotopic (exact) mass is 299 g/mol. The van der Waals surface area contributed by atoms with E-state index in [1.165, 1.54) is 6.92 Å². The maximum absolute atomic E-state index is 13.4. The topological polar surface area (TPSA) is 131 Å². The average molecular weight is 299 g/mol. The van der Waals surface area contributed by atoms with E-state index in [4.69, 9.17) is 16.9 Å². The van der Waals surface area contributed by atoms with Crippen LogP contribution in [-0.4, -0.2) is 43.6 Å². The minimum absolute atomic E-state index is 0.585. The molecule has 1 aromatic heterocycles. The highest BCUT2D eigenvalue weighted by Gasteiger charge is 2.55. The Morgan fingerprint density at radius 3 is 2.81 bits per heavy atom. The molecule has 0 bridgehead atoms. The Hall–Kier alpha value is -1.99. The maximum atomic E-state index is 13.4. The van der Waals surface area contributed by atoms with Crippen molar-refractivity contribution < 1.29 is 19.3 Å². The molecule has 0 aromatic carbocycles. The third-order valence-corrected chi connectivity index (χ3v) is 3.40. The molecule has 1 saturated heterocycles. The van der Waals surface area contributed by atoms with E-state index >= 15 is 0 Å². The lowest BCUT2D eigenvalue weighted by Gasteiger charge is -2.27. The SMILES string of the molecule is C#CC1(N)C(O)[C@@H]([C@@H](C)O)O[C@H]1n1cc(F)c(=O)[nH]c1=O. The molecule has 0 radical (unpaired) electrons. The number of nitrogens with two attached hydrogens (primary N) is 1. The fourth-order valence-corrected chi connectivity index (χ4v) is 2.22. The molecule has 0 amide bonds. The molecule has 5 atom stereocenters. The zero-order valence-electron chi connectivity index (χ0n) is 11.0. The number of terminal acetylenes is 1. The number of nitrogens with zero attached hydrogens (tertiary/aromatic N) is 1. The van der Waals surface area contributed by atoms with Crippen LogP contribution in [0.15, 0.2) is 15.8 Å². The summed E-state index contributed by atoms with van der Waals surface area (Å²) in [7, 11) is 0. The summed E-state index contributed by atoms with van der Waals surface area (Å²) in [6.07, 6.45) is 0.631. The van der Waals surface area contributed by atoms with Gasteiger partial charge in [-0.05, 0) is 6.92 Å². The maximum Gasteiger partial charge on any atom is 0.330 e. The van der Waals surface area contributed by atoms with Gasteiger partial charge in [0.2, 0.25) is 5.82 Å². The second-order valence-electron chi connectivity index (χ2n) is 4.86. The lowest BCUT2D eigenvalue weighted by atomic mass is 9.90. The van der Waals surface area contributed by atoms with Gasteiger partial charge in [-0.1, -0.05) is 5.92 Å². The van der Waals surface area contributed by atoms with Gasteiger partial charge in [-0.2, -0.15) is 4.39 Å². The fourth-order valence-electron chi connectivity index (χ4n) is 2.22. The Bertz CT molecular complexity index is 706. The van der Waals surface area contributed by atoms with Crippen LogP contribution in [0.2, 0.25) is 0 Å². The van der Waals surface area contributed by atoms with Crippen LogP contribution in [0.4, 0.5) is 4.39 Å². The highest BCUT2D eigenvalue weighted by molar-refractivity contribution is 5.23. The smallest absolute Gasteiger partial charge is 0.330 e. The zero-order chi connectivity index (χ0) is 15.9. The van der Waals surface area contributed by atoms with Crippen molar-refractivity contribution in [2.45, 2.75) is 37.0 Å². The van der Waals surface area contributed by atoms with Crippen molar-refractivity contribution in [2.24, 2.45) is 5.73 Å². The van der Waals surface area contributed by atoms with Gasteiger partial charge in [-0.3, -0.25) is 14.3 Å². The molecule has 2 unspecified atom stereocenters. The Morgan fingerprint density at radius 2 is 2.29 bits per heavy atom. The number of aliphatic hydroxyl groups excluding tert-OH is 2. The number of ether oxygens (including phenoxy) is 1. The van der Waals surface area contributed by atoms with E-state index in [2.05, 4.69) is 5.92 Å². The van der Waals surface area contributed by atoms with E-state index in [0.29, 0.717) is 10.8 Å². The standard InChI is InChI=1S/C12H14FN3O5/c1-3-12(14)8(18)7(5(2)17)21-10(12)16-4-6(13)9(19)15-11(16)20/h1,4-5,7-8,10,17-18H,14H2,2H3,(H,15,19,20)/t5-,7-,8?,10-,12?/m1/s1. The molecule has 0 spiro atoms. The molecule has 5 N–H and O–H groups in total. The molecule has 9 heteroatoms. The normalized spacial score (nSPS) is 33.6. The second kappa shape index (κ2) is 5.09. The van der Waals surface area contributed by atoms with Crippen LogP contribution in [0.1, 0.15) is 13.2 Å². The third-order valence-electron chi connectivity index (χ3n) is 3.40. The molecule has 1 fully saturated rings. The fraction of sp³-hybridized carbons (Fsp3) is 0.500. The van der Waals surface area contributed by atoms with E-state index in [-0.39, 0.29) is 0 Å². The summed E-state index contributed by atoms with van der Waals surface area (Å²) in [5.74, 6) is 0.859. The summed E-state index contributed by atoms with van der Waals surface area (Å²) in [6, 6.07) is 0. The molecule has 2 rings (SSSR count). The van der Waals surface area contributed by atoms with Crippen molar-refractivity contribution in [3.63, 3.8) is 0 Å². The molecule has 0 saturated carbocycles. The number of rotatable bonds is 2. The average Bonchev–Trinajstić information content (AvgIpc) is 2.68. The van der Waals surface area contributed by atoms with Crippen LogP contribution in [0.25, 0.3) is 0 Å². The van der Waals surface area contributed by atoms with Crippen molar-refractivity contribution in [1.82, 2.24) is 9.55 Å². The molecule has 114 valence electrons. The molecular weight excluding hydrogens is 285 g/mol. The highest BCUT2D eigenvalue weighted by atomic mass is 19.1.